The number of hydrogen-bond acceptors (Lipinski definition) is 3. The van der Waals surface area contributed by atoms with Crippen LogP contribution in [-0.4, -0.2) is 20.5 Å². The lowest BCUT2D eigenvalue weighted by atomic mass is 9.91. The zero-order valence-electron chi connectivity index (χ0n) is 13.9. The van der Waals surface area contributed by atoms with Gasteiger partial charge in [0.05, 0.1) is 4.90 Å². The molecule has 24 heavy (non-hydrogen) atoms. The van der Waals surface area contributed by atoms with Crippen molar-refractivity contribution in [2.75, 3.05) is 5.32 Å². The standard InChI is InChI=1S/C19H24N2O2S/c1-15-11-13-16(14-12-15)20-18-9-5-6-10-19(18)21-24(22,23)17-7-3-2-4-8-17/h2-4,7-8,11-14,18-21H,5-6,9-10H2,1H3/t18-,19-/m0/s1. The summed E-state index contributed by atoms with van der Waals surface area (Å²) < 4.78 is 28.1. The van der Waals surface area contributed by atoms with Crippen LogP contribution in [0.25, 0.3) is 0 Å². The maximum atomic E-state index is 12.6. The van der Waals surface area contributed by atoms with Crippen molar-refractivity contribution in [3.8, 4) is 0 Å². The molecule has 0 aliphatic heterocycles. The van der Waals surface area contributed by atoms with Crippen molar-refractivity contribution in [3.05, 3.63) is 60.2 Å². The largest absolute Gasteiger partial charge is 0.381 e. The van der Waals surface area contributed by atoms with Gasteiger partial charge in [0.25, 0.3) is 0 Å². The van der Waals surface area contributed by atoms with Gasteiger partial charge in [0.1, 0.15) is 0 Å². The van der Waals surface area contributed by atoms with Crippen LogP contribution in [0.5, 0.6) is 0 Å². The fraction of sp³-hybridized carbons (Fsp3) is 0.368. The molecule has 2 aromatic rings. The topological polar surface area (TPSA) is 58.2 Å². The molecule has 0 bridgehead atoms. The van der Waals surface area contributed by atoms with E-state index in [4.69, 9.17) is 0 Å². The summed E-state index contributed by atoms with van der Waals surface area (Å²) >= 11 is 0. The minimum atomic E-state index is -3.48. The summed E-state index contributed by atoms with van der Waals surface area (Å²) in [6.07, 6.45) is 3.99. The Balaban J connectivity index is 1.74. The average molecular weight is 344 g/mol. The second kappa shape index (κ2) is 7.36. The quantitative estimate of drug-likeness (QED) is 0.869. The molecule has 2 aromatic carbocycles. The van der Waals surface area contributed by atoms with Gasteiger partial charge in [-0.2, -0.15) is 0 Å². The monoisotopic (exact) mass is 344 g/mol. The third-order valence-corrected chi connectivity index (χ3v) is 6.04. The summed E-state index contributed by atoms with van der Waals surface area (Å²) in [6.45, 7) is 2.06. The summed E-state index contributed by atoms with van der Waals surface area (Å²) in [7, 11) is -3.48. The van der Waals surface area contributed by atoms with Crippen LogP contribution in [0.4, 0.5) is 5.69 Å². The molecule has 2 atom stereocenters. The first kappa shape index (κ1) is 17.0. The van der Waals surface area contributed by atoms with Gasteiger partial charge in [-0.3, -0.25) is 0 Å². The van der Waals surface area contributed by atoms with Gasteiger partial charge in [0.15, 0.2) is 0 Å². The van der Waals surface area contributed by atoms with E-state index in [9.17, 15) is 8.42 Å². The van der Waals surface area contributed by atoms with Crippen molar-refractivity contribution in [1.29, 1.82) is 0 Å². The highest BCUT2D eigenvalue weighted by atomic mass is 32.2. The SMILES string of the molecule is Cc1ccc(N[C@H]2CCCC[C@@H]2NS(=O)(=O)c2ccccc2)cc1. The normalized spacial score (nSPS) is 21.4. The van der Waals surface area contributed by atoms with Gasteiger partial charge in [0, 0.05) is 17.8 Å². The van der Waals surface area contributed by atoms with Crippen LogP contribution >= 0.6 is 0 Å². The van der Waals surface area contributed by atoms with E-state index in [2.05, 4.69) is 29.1 Å². The van der Waals surface area contributed by atoms with E-state index >= 15 is 0 Å². The Bertz CT molecular complexity index is 758. The van der Waals surface area contributed by atoms with Crippen molar-refractivity contribution < 1.29 is 8.42 Å². The molecule has 5 heteroatoms. The molecule has 0 saturated heterocycles. The number of anilines is 1. The van der Waals surface area contributed by atoms with Crippen molar-refractivity contribution >= 4 is 15.7 Å². The van der Waals surface area contributed by atoms with Gasteiger partial charge in [-0.1, -0.05) is 48.7 Å². The molecule has 1 aliphatic rings. The molecule has 1 saturated carbocycles. The first-order chi connectivity index (χ1) is 11.5. The number of hydrogen-bond donors (Lipinski definition) is 2. The van der Waals surface area contributed by atoms with Gasteiger partial charge in [-0.15, -0.1) is 0 Å². The summed E-state index contributed by atoms with van der Waals surface area (Å²) in [5.41, 5.74) is 2.25. The van der Waals surface area contributed by atoms with E-state index in [-0.39, 0.29) is 12.1 Å². The molecule has 128 valence electrons. The summed E-state index contributed by atoms with van der Waals surface area (Å²) in [5.74, 6) is 0. The third-order valence-electron chi connectivity index (χ3n) is 4.53. The van der Waals surface area contributed by atoms with Crippen LogP contribution in [0.2, 0.25) is 0 Å². The predicted octanol–water partition coefficient (Wildman–Crippen LogP) is 3.70. The molecule has 0 amide bonds. The fourth-order valence-corrected chi connectivity index (χ4v) is 4.51. The molecule has 4 nitrogen and oxygen atoms in total. The predicted molar refractivity (Wildman–Crippen MR) is 97.6 cm³/mol. The Morgan fingerprint density at radius 2 is 1.50 bits per heavy atom. The van der Waals surface area contributed by atoms with Crippen molar-refractivity contribution in [3.63, 3.8) is 0 Å². The second-order valence-electron chi connectivity index (χ2n) is 6.44. The summed E-state index contributed by atoms with van der Waals surface area (Å²) in [6, 6.07) is 16.8. The molecule has 0 spiro atoms. The molecule has 3 rings (SSSR count). The van der Waals surface area contributed by atoms with Gasteiger partial charge >= 0.3 is 0 Å². The Hall–Kier alpha value is -1.85. The molecule has 0 radical (unpaired) electrons. The molecular weight excluding hydrogens is 320 g/mol. The van der Waals surface area contributed by atoms with Crippen LogP contribution in [0.3, 0.4) is 0 Å². The van der Waals surface area contributed by atoms with Crippen LogP contribution in [-0.2, 0) is 10.0 Å². The molecule has 1 aliphatic carbocycles. The molecule has 1 fully saturated rings. The lowest BCUT2D eigenvalue weighted by Gasteiger charge is -2.33. The lowest BCUT2D eigenvalue weighted by molar-refractivity contribution is 0.378. The fourth-order valence-electron chi connectivity index (χ4n) is 3.18. The van der Waals surface area contributed by atoms with Crippen LogP contribution in [0, 0.1) is 6.92 Å². The van der Waals surface area contributed by atoms with Crippen molar-refractivity contribution in [1.82, 2.24) is 4.72 Å². The van der Waals surface area contributed by atoms with E-state index in [0.29, 0.717) is 4.90 Å². The number of nitrogens with one attached hydrogen (secondary N) is 2. The van der Waals surface area contributed by atoms with E-state index in [1.165, 1.54) is 5.56 Å². The third kappa shape index (κ3) is 4.16. The van der Waals surface area contributed by atoms with Gasteiger partial charge in [-0.25, -0.2) is 13.1 Å². The number of aryl methyl sites for hydroxylation is 1. The summed E-state index contributed by atoms with van der Waals surface area (Å²) in [5, 5.41) is 3.51. The highest BCUT2D eigenvalue weighted by molar-refractivity contribution is 7.89. The van der Waals surface area contributed by atoms with Crippen molar-refractivity contribution in [2.24, 2.45) is 0 Å². The van der Waals surface area contributed by atoms with Crippen LogP contribution in [0.1, 0.15) is 31.2 Å². The number of benzene rings is 2. The minimum Gasteiger partial charge on any atom is -0.381 e. The smallest absolute Gasteiger partial charge is 0.240 e. The summed E-state index contributed by atoms with van der Waals surface area (Å²) in [4.78, 5) is 0.324. The number of rotatable bonds is 5. The Kier molecular flexibility index (Phi) is 5.21. The highest BCUT2D eigenvalue weighted by Gasteiger charge is 2.29. The van der Waals surface area contributed by atoms with Gasteiger partial charge < -0.3 is 5.32 Å². The second-order valence-corrected chi connectivity index (χ2v) is 8.16. The van der Waals surface area contributed by atoms with E-state index < -0.39 is 10.0 Å². The molecule has 2 N–H and O–H groups in total. The van der Waals surface area contributed by atoms with E-state index in [0.717, 1.165) is 31.4 Å². The Labute approximate surface area is 144 Å². The van der Waals surface area contributed by atoms with Crippen molar-refractivity contribution in [2.45, 2.75) is 49.6 Å². The van der Waals surface area contributed by atoms with E-state index in [1.54, 1.807) is 24.3 Å². The maximum absolute atomic E-state index is 12.6. The Morgan fingerprint density at radius 1 is 0.875 bits per heavy atom. The maximum Gasteiger partial charge on any atom is 0.240 e. The average Bonchev–Trinajstić information content (AvgIpc) is 2.59. The first-order valence-electron chi connectivity index (χ1n) is 8.45. The van der Waals surface area contributed by atoms with Crippen LogP contribution < -0.4 is 10.0 Å². The minimum absolute atomic E-state index is 0.0924. The molecule has 0 aromatic heterocycles. The van der Waals surface area contributed by atoms with Gasteiger partial charge in [-0.05, 0) is 44.0 Å². The lowest BCUT2D eigenvalue weighted by Crippen LogP contribution is -2.48. The molecule has 0 unspecified atom stereocenters. The number of sulfonamides is 1. The highest BCUT2D eigenvalue weighted by Crippen LogP contribution is 2.24. The van der Waals surface area contributed by atoms with Gasteiger partial charge in [0.2, 0.25) is 10.0 Å². The zero-order valence-corrected chi connectivity index (χ0v) is 14.7. The zero-order chi connectivity index (χ0) is 17.0. The van der Waals surface area contributed by atoms with E-state index in [1.807, 2.05) is 18.2 Å². The molecule has 0 heterocycles. The Morgan fingerprint density at radius 3 is 2.17 bits per heavy atom. The molecular formula is C19H24N2O2S. The van der Waals surface area contributed by atoms with Crippen LogP contribution in [0.15, 0.2) is 59.5 Å². The first-order valence-corrected chi connectivity index (χ1v) is 9.93.